The molecule has 4 N–H and O–H groups in total. The molecule has 1 heterocycles. The Hall–Kier alpha value is -2.66. The normalized spacial score (nSPS) is 22.0. The number of fused-ring (bicyclic) bond motifs is 5. The monoisotopic (exact) mass is 435 g/mol. The third-order valence-electron chi connectivity index (χ3n) is 6.01. The lowest BCUT2D eigenvalue weighted by atomic mass is 9.75. The first kappa shape index (κ1) is 17.4. The Bertz CT molecular complexity index is 1110. The highest BCUT2D eigenvalue weighted by Gasteiger charge is 2.43. The van der Waals surface area contributed by atoms with Crippen molar-refractivity contribution in [1.82, 2.24) is 0 Å². The van der Waals surface area contributed by atoms with Crippen LogP contribution in [0.25, 0.3) is 0 Å². The second-order valence-corrected chi connectivity index (χ2v) is 8.41. The summed E-state index contributed by atoms with van der Waals surface area (Å²) in [5.41, 5.74) is 12.5. The molecular weight excluding hydrogens is 417 g/mol. The van der Waals surface area contributed by atoms with E-state index in [9.17, 15) is 4.39 Å². The predicted octanol–water partition coefficient (Wildman–Crippen LogP) is 5.34. The van der Waals surface area contributed by atoms with E-state index in [0.717, 1.165) is 23.2 Å². The minimum absolute atomic E-state index is 0.0741. The lowest BCUT2D eigenvalue weighted by Gasteiger charge is -2.38. The topological polar surface area (TPSA) is 61.9 Å². The first-order chi connectivity index (χ1) is 13.5. The highest BCUT2D eigenvalue weighted by Crippen LogP contribution is 2.54. The van der Waals surface area contributed by atoms with Crippen LogP contribution >= 0.6 is 15.9 Å². The quantitative estimate of drug-likeness (QED) is 0.375. The van der Waals surface area contributed by atoms with Crippen LogP contribution in [0.2, 0.25) is 0 Å². The summed E-state index contributed by atoms with van der Waals surface area (Å²) in [4.78, 5) is 0. The Labute approximate surface area is 171 Å². The van der Waals surface area contributed by atoms with Crippen molar-refractivity contribution in [3.8, 4) is 0 Å². The van der Waals surface area contributed by atoms with Gasteiger partial charge in [0, 0.05) is 17.2 Å². The summed E-state index contributed by atoms with van der Waals surface area (Å²) in [7, 11) is 0. The summed E-state index contributed by atoms with van der Waals surface area (Å²) in [6, 6.07) is 19.8. The Morgan fingerprint density at radius 1 is 1.07 bits per heavy atom. The molecule has 3 nitrogen and oxygen atoms in total. The van der Waals surface area contributed by atoms with E-state index in [0.29, 0.717) is 10.4 Å². The molecule has 0 fully saturated rings. The Balaban J connectivity index is 1.68. The van der Waals surface area contributed by atoms with Crippen molar-refractivity contribution in [2.24, 2.45) is 11.7 Å². The molecule has 5 heteroatoms. The smallest absolute Gasteiger partial charge is 0.137 e. The minimum atomic E-state index is -0.252. The van der Waals surface area contributed by atoms with Crippen molar-refractivity contribution in [3.63, 3.8) is 0 Å². The molecule has 2 aliphatic rings. The van der Waals surface area contributed by atoms with Crippen LogP contribution < -0.4 is 11.1 Å². The molecule has 3 aromatic rings. The number of halogens is 2. The molecule has 3 atom stereocenters. The van der Waals surface area contributed by atoms with Crippen LogP contribution in [-0.4, -0.2) is 5.84 Å². The lowest BCUT2D eigenvalue weighted by Crippen LogP contribution is -2.30. The van der Waals surface area contributed by atoms with Crippen LogP contribution in [0.15, 0.2) is 65.1 Å². The van der Waals surface area contributed by atoms with Gasteiger partial charge in [-0.05, 0) is 80.9 Å². The van der Waals surface area contributed by atoms with E-state index < -0.39 is 0 Å². The van der Waals surface area contributed by atoms with Crippen molar-refractivity contribution in [1.29, 1.82) is 5.41 Å². The van der Waals surface area contributed by atoms with Gasteiger partial charge in [0.05, 0.1) is 10.5 Å². The summed E-state index contributed by atoms with van der Waals surface area (Å²) in [5, 5.41) is 11.5. The van der Waals surface area contributed by atoms with E-state index in [4.69, 9.17) is 11.1 Å². The fraction of sp³-hybridized carbons (Fsp3) is 0.174. The zero-order valence-electron chi connectivity index (χ0n) is 15.0. The fourth-order valence-corrected chi connectivity index (χ4v) is 5.16. The van der Waals surface area contributed by atoms with Crippen molar-refractivity contribution >= 4 is 27.5 Å². The molecule has 0 saturated heterocycles. The highest BCUT2D eigenvalue weighted by molar-refractivity contribution is 9.10. The maximum atomic E-state index is 13.8. The van der Waals surface area contributed by atoms with Gasteiger partial charge in [-0.15, -0.1) is 0 Å². The van der Waals surface area contributed by atoms with Gasteiger partial charge in [0.1, 0.15) is 11.7 Å². The van der Waals surface area contributed by atoms with Crippen molar-refractivity contribution in [2.45, 2.75) is 18.4 Å². The number of rotatable bonds is 2. The first-order valence-electron chi connectivity index (χ1n) is 9.30. The van der Waals surface area contributed by atoms with Gasteiger partial charge in [0.15, 0.2) is 0 Å². The second-order valence-electron chi connectivity index (χ2n) is 7.56. The lowest BCUT2D eigenvalue weighted by molar-refractivity contribution is 0.420. The number of hydrogen-bond donors (Lipinski definition) is 3. The van der Waals surface area contributed by atoms with Crippen molar-refractivity contribution in [3.05, 3.63) is 98.8 Å². The Kier molecular flexibility index (Phi) is 4.02. The zero-order chi connectivity index (χ0) is 19.4. The van der Waals surface area contributed by atoms with E-state index in [1.807, 2.05) is 30.3 Å². The second kappa shape index (κ2) is 6.45. The van der Waals surface area contributed by atoms with Gasteiger partial charge in [0.2, 0.25) is 0 Å². The molecule has 1 aliphatic carbocycles. The van der Waals surface area contributed by atoms with Crippen LogP contribution in [-0.2, 0) is 6.42 Å². The van der Waals surface area contributed by atoms with E-state index in [1.54, 1.807) is 0 Å². The van der Waals surface area contributed by atoms with E-state index >= 15 is 0 Å². The van der Waals surface area contributed by atoms with Gasteiger partial charge >= 0.3 is 0 Å². The van der Waals surface area contributed by atoms with E-state index in [2.05, 4.69) is 45.5 Å². The zero-order valence-corrected chi connectivity index (χ0v) is 16.6. The van der Waals surface area contributed by atoms with Gasteiger partial charge in [-0.1, -0.05) is 30.3 Å². The van der Waals surface area contributed by atoms with Crippen LogP contribution in [0, 0.1) is 17.1 Å². The molecule has 3 aromatic carbocycles. The molecule has 5 rings (SSSR count). The number of nitrogens with two attached hydrogens (primary N) is 1. The number of nitrogens with one attached hydrogen (secondary N) is 2. The molecular formula is C23H19BrFN3. The van der Waals surface area contributed by atoms with Crippen LogP contribution in [0.3, 0.4) is 0 Å². The maximum Gasteiger partial charge on any atom is 0.137 e. The summed E-state index contributed by atoms with van der Waals surface area (Å²) in [6.45, 7) is 0. The molecule has 0 spiro atoms. The van der Waals surface area contributed by atoms with Crippen LogP contribution in [0.5, 0.6) is 0 Å². The molecule has 3 unspecified atom stereocenters. The van der Waals surface area contributed by atoms with Crippen molar-refractivity contribution in [2.75, 3.05) is 5.32 Å². The average molecular weight is 436 g/mol. The maximum absolute atomic E-state index is 13.8. The molecule has 1 aliphatic heterocycles. The summed E-state index contributed by atoms with van der Waals surface area (Å²) in [6.07, 6.45) is 0.956. The van der Waals surface area contributed by atoms with Crippen LogP contribution in [0.1, 0.15) is 39.8 Å². The summed E-state index contributed by atoms with van der Waals surface area (Å²) >= 11 is 3.33. The van der Waals surface area contributed by atoms with Crippen LogP contribution in [0.4, 0.5) is 10.1 Å². The van der Waals surface area contributed by atoms with Gasteiger partial charge in [-0.2, -0.15) is 0 Å². The van der Waals surface area contributed by atoms with Gasteiger partial charge < -0.3 is 11.1 Å². The summed E-state index contributed by atoms with van der Waals surface area (Å²) < 4.78 is 14.3. The van der Waals surface area contributed by atoms with E-state index in [-0.39, 0.29) is 23.6 Å². The number of benzene rings is 3. The molecule has 0 radical (unpaired) electrons. The largest absolute Gasteiger partial charge is 0.384 e. The van der Waals surface area contributed by atoms with Gasteiger partial charge in [0.25, 0.3) is 0 Å². The number of hydrogen-bond acceptors (Lipinski definition) is 2. The number of amidine groups is 1. The number of anilines is 1. The standard InChI is InChI=1S/C23H19BrFN3/c24-18-11-13(5-7-19(18)25)22-17-9-12-3-1-2-4-15(12)21(17)16-10-14(23(26)27)6-8-20(16)28-22/h1-8,10-11,17,21-22,28H,9H2,(H3,26,27). The number of nitrogen functional groups attached to an aromatic ring is 1. The predicted molar refractivity (Wildman–Crippen MR) is 113 cm³/mol. The van der Waals surface area contributed by atoms with Gasteiger partial charge in [-0.25, -0.2) is 4.39 Å². The SMILES string of the molecule is N=C(N)c1ccc2c(c1)C1c3ccccc3CC1C(c1ccc(F)c(Br)c1)N2. The van der Waals surface area contributed by atoms with Gasteiger partial charge in [-0.3, -0.25) is 5.41 Å². The molecule has 0 bridgehead atoms. The first-order valence-corrected chi connectivity index (χ1v) is 10.1. The molecule has 0 aromatic heterocycles. The Morgan fingerprint density at radius 3 is 2.68 bits per heavy atom. The summed E-state index contributed by atoms with van der Waals surface area (Å²) in [5.74, 6) is 0.359. The molecule has 28 heavy (non-hydrogen) atoms. The molecule has 0 amide bonds. The minimum Gasteiger partial charge on any atom is -0.384 e. The molecule has 0 saturated carbocycles. The molecule has 140 valence electrons. The third-order valence-corrected chi connectivity index (χ3v) is 6.62. The average Bonchev–Trinajstić information content (AvgIpc) is 3.09. The third kappa shape index (κ3) is 2.65. The fourth-order valence-electron chi connectivity index (χ4n) is 4.76. The van der Waals surface area contributed by atoms with E-state index in [1.165, 1.54) is 22.8 Å². The Morgan fingerprint density at radius 2 is 1.89 bits per heavy atom. The highest BCUT2D eigenvalue weighted by atomic mass is 79.9. The van der Waals surface area contributed by atoms with Crippen molar-refractivity contribution < 1.29 is 4.39 Å².